The molecule has 0 aliphatic heterocycles. The van der Waals surface area contributed by atoms with Crippen LogP contribution in [0.2, 0.25) is 0 Å². The van der Waals surface area contributed by atoms with Crippen molar-refractivity contribution < 1.29 is 0 Å². The number of aromatic nitrogens is 2. The number of benzene rings is 1. The minimum absolute atomic E-state index is 0.108. The first-order valence-corrected chi connectivity index (χ1v) is 6.83. The fourth-order valence-electron chi connectivity index (χ4n) is 2.09. The molecule has 2 aromatic rings. The topological polar surface area (TPSA) is 72.9 Å². The highest BCUT2D eigenvalue weighted by Crippen LogP contribution is 2.14. The molecule has 1 aromatic carbocycles. The SMILES string of the molecule is CCCn1ccnc(NC(CN)c2ccccc2)c1=O. The number of rotatable bonds is 6. The van der Waals surface area contributed by atoms with Gasteiger partial charge in [-0.1, -0.05) is 37.3 Å². The maximum atomic E-state index is 12.2. The summed E-state index contributed by atoms with van der Waals surface area (Å²) in [5.74, 6) is 0.347. The van der Waals surface area contributed by atoms with Crippen LogP contribution in [0.5, 0.6) is 0 Å². The van der Waals surface area contributed by atoms with Crippen molar-refractivity contribution in [3.05, 3.63) is 58.6 Å². The lowest BCUT2D eigenvalue weighted by molar-refractivity contribution is 0.646. The van der Waals surface area contributed by atoms with Crippen molar-refractivity contribution in [3.8, 4) is 0 Å². The summed E-state index contributed by atoms with van der Waals surface area (Å²) in [6.45, 7) is 3.12. The molecule has 2 rings (SSSR count). The summed E-state index contributed by atoms with van der Waals surface area (Å²) >= 11 is 0. The Hall–Kier alpha value is -2.14. The van der Waals surface area contributed by atoms with Gasteiger partial charge in [-0.15, -0.1) is 0 Å². The molecular formula is C15H20N4O. The van der Waals surface area contributed by atoms with Crippen molar-refractivity contribution in [2.24, 2.45) is 5.73 Å². The highest BCUT2D eigenvalue weighted by Gasteiger charge is 2.12. The fourth-order valence-corrected chi connectivity index (χ4v) is 2.09. The zero-order chi connectivity index (χ0) is 14.4. The standard InChI is InChI=1S/C15H20N4O/c1-2-9-19-10-8-17-14(15(19)20)18-13(11-16)12-6-4-3-5-7-12/h3-8,10,13H,2,9,11,16H2,1H3,(H,17,18). The highest BCUT2D eigenvalue weighted by molar-refractivity contribution is 5.36. The molecule has 3 N–H and O–H groups in total. The van der Waals surface area contributed by atoms with Crippen LogP contribution >= 0.6 is 0 Å². The number of anilines is 1. The summed E-state index contributed by atoms with van der Waals surface area (Å²) in [4.78, 5) is 16.4. The molecule has 0 fully saturated rings. The lowest BCUT2D eigenvalue weighted by Crippen LogP contribution is -2.28. The molecule has 0 bridgehead atoms. The first kappa shape index (κ1) is 14.3. The molecule has 5 nitrogen and oxygen atoms in total. The predicted molar refractivity (Wildman–Crippen MR) is 80.6 cm³/mol. The minimum atomic E-state index is -0.117. The quantitative estimate of drug-likeness (QED) is 0.840. The van der Waals surface area contributed by atoms with Crippen molar-refractivity contribution in [3.63, 3.8) is 0 Å². The Labute approximate surface area is 118 Å². The predicted octanol–water partition coefficient (Wildman–Crippen LogP) is 1.77. The molecule has 0 saturated carbocycles. The number of nitrogens with one attached hydrogen (secondary N) is 1. The van der Waals surface area contributed by atoms with E-state index in [2.05, 4.69) is 10.3 Å². The van der Waals surface area contributed by atoms with Crippen LogP contribution in [0.1, 0.15) is 24.9 Å². The van der Waals surface area contributed by atoms with Gasteiger partial charge in [0.25, 0.3) is 5.56 Å². The first-order chi connectivity index (χ1) is 9.76. The van der Waals surface area contributed by atoms with Gasteiger partial charge in [-0.3, -0.25) is 4.79 Å². The van der Waals surface area contributed by atoms with Gasteiger partial charge >= 0.3 is 0 Å². The van der Waals surface area contributed by atoms with E-state index in [-0.39, 0.29) is 11.6 Å². The van der Waals surface area contributed by atoms with E-state index < -0.39 is 0 Å². The summed E-state index contributed by atoms with van der Waals surface area (Å²) in [7, 11) is 0. The Morgan fingerprint density at radius 2 is 2.10 bits per heavy atom. The van der Waals surface area contributed by atoms with Crippen molar-refractivity contribution in [2.75, 3.05) is 11.9 Å². The molecule has 0 saturated heterocycles. The van der Waals surface area contributed by atoms with Gasteiger partial charge < -0.3 is 15.6 Å². The van der Waals surface area contributed by atoms with Crippen LogP contribution in [0.25, 0.3) is 0 Å². The van der Waals surface area contributed by atoms with Crippen molar-refractivity contribution in [1.29, 1.82) is 0 Å². The summed E-state index contributed by atoms with van der Waals surface area (Å²) in [6.07, 6.45) is 4.25. The van der Waals surface area contributed by atoms with E-state index in [0.717, 1.165) is 12.0 Å². The monoisotopic (exact) mass is 272 g/mol. The van der Waals surface area contributed by atoms with Gasteiger partial charge in [0.2, 0.25) is 0 Å². The average Bonchev–Trinajstić information content (AvgIpc) is 2.49. The molecule has 0 aliphatic carbocycles. The summed E-state index contributed by atoms with van der Waals surface area (Å²) < 4.78 is 1.66. The van der Waals surface area contributed by atoms with Crippen LogP contribution in [0.4, 0.5) is 5.82 Å². The van der Waals surface area contributed by atoms with Gasteiger partial charge in [-0.25, -0.2) is 4.98 Å². The molecule has 1 unspecified atom stereocenters. The normalized spacial score (nSPS) is 12.1. The van der Waals surface area contributed by atoms with Gasteiger partial charge in [0.1, 0.15) is 0 Å². The Bertz CT molecular complexity index is 594. The Morgan fingerprint density at radius 1 is 1.35 bits per heavy atom. The Morgan fingerprint density at radius 3 is 2.75 bits per heavy atom. The van der Waals surface area contributed by atoms with E-state index >= 15 is 0 Å². The van der Waals surface area contributed by atoms with Crippen LogP contribution < -0.4 is 16.6 Å². The number of aryl methyl sites for hydroxylation is 1. The molecule has 0 radical (unpaired) electrons. The van der Waals surface area contributed by atoms with E-state index in [1.54, 1.807) is 17.0 Å². The van der Waals surface area contributed by atoms with Crippen LogP contribution in [-0.2, 0) is 6.54 Å². The molecule has 20 heavy (non-hydrogen) atoms. The van der Waals surface area contributed by atoms with E-state index in [1.165, 1.54) is 0 Å². The van der Waals surface area contributed by atoms with Crippen molar-refractivity contribution >= 4 is 5.82 Å². The largest absolute Gasteiger partial charge is 0.357 e. The Balaban J connectivity index is 2.24. The number of hydrogen-bond donors (Lipinski definition) is 2. The lowest BCUT2D eigenvalue weighted by Gasteiger charge is -2.18. The number of hydrogen-bond acceptors (Lipinski definition) is 4. The number of nitrogens with zero attached hydrogens (tertiary/aromatic N) is 2. The lowest BCUT2D eigenvalue weighted by atomic mass is 10.1. The van der Waals surface area contributed by atoms with Crippen LogP contribution in [0.15, 0.2) is 47.5 Å². The fraction of sp³-hybridized carbons (Fsp3) is 0.333. The van der Waals surface area contributed by atoms with Crippen LogP contribution in [0, 0.1) is 0 Å². The van der Waals surface area contributed by atoms with E-state index in [9.17, 15) is 4.79 Å². The van der Waals surface area contributed by atoms with Gasteiger partial charge in [0.15, 0.2) is 5.82 Å². The first-order valence-electron chi connectivity index (χ1n) is 6.83. The van der Waals surface area contributed by atoms with Gasteiger partial charge in [-0.2, -0.15) is 0 Å². The molecule has 0 spiro atoms. The van der Waals surface area contributed by atoms with Crippen molar-refractivity contribution in [2.45, 2.75) is 25.9 Å². The summed E-state index contributed by atoms with van der Waals surface area (Å²) in [5.41, 5.74) is 6.74. The molecule has 0 amide bonds. The van der Waals surface area contributed by atoms with Crippen LogP contribution in [-0.4, -0.2) is 16.1 Å². The summed E-state index contributed by atoms with van der Waals surface area (Å²) in [6, 6.07) is 9.71. The highest BCUT2D eigenvalue weighted by atomic mass is 16.1. The molecule has 5 heteroatoms. The molecular weight excluding hydrogens is 252 g/mol. The third kappa shape index (κ3) is 3.24. The smallest absolute Gasteiger partial charge is 0.293 e. The van der Waals surface area contributed by atoms with E-state index in [1.807, 2.05) is 37.3 Å². The summed E-state index contributed by atoms with van der Waals surface area (Å²) in [5, 5.41) is 3.14. The second-order valence-electron chi connectivity index (χ2n) is 4.62. The van der Waals surface area contributed by atoms with Gasteiger partial charge in [0, 0.05) is 25.5 Å². The van der Waals surface area contributed by atoms with Gasteiger partial charge in [0.05, 0.1) is 6.04 Å². The molecule has 1 atom stereocenters. The maximum Gasteiger partial charge on any atom is 0.293 e. The zero-order valence-electron chi connectivity index (χ0n) is 11.6. The molecule has 106 valence electrons. The Kier molecular flexibility index (Phi) is 4.90. The molecule has 1 aromatic heterocycles. The average molecular weight is 272 g/mol. The molecule has 1 heterocycles. The molecule has 0 aliphatic rings. The third-order valence-corrected chi connectivity index (χ3v) is 3.13. The van der Waals surface area contributed by atoms with Gasteiger partial charge in [-0.05, 0) is 12.0 Å². The van der Waals surface area contributed by atoms with E-state index in [4.69, 9.17) is 5.73 Å². The minimum Gasteiger partial charge on any atom is -0.357 e. The van der Waals surface area contributed by atoms with E-state index in [0.29, 0.717) is 18.9 Å². The second kappa shape index (κ2) is 6.86. The zero-order valence-corrected chi connectivity index (χ0v) is 11.6. The third-order valence-electron chi connectivity index (χ3n) is 3.13. The second-order valence-corrected chi connectivity index (χ2v) is 4.62. The maximum absolute atomic E-state index is 12.2. The van der Waals surface area contributed by atoms with Crippen LogP contribution in [0.3, 0.4) is 0 Å². The van der Waals surface area contributed by atoms with Crippen molar-refractivity contribution in [1.82, 2.24) is 9.55 Å². The number of nitrogens with two attached hydrogens (primary N) is 1.